The molecule has 0 radical (unpaired) electrons. The van der Waals surface area contributed by atoms with Crippen molar-refractivity contribution in [1.82, 2.24) is 15.0 Å². The van der Waals surface area contributed by atoms with Crippen LogP contribution in [-0.4, -0.2) is 39.1 Å². The van der Waals surface area contributed by atoms with Crippen LogP contribution in [0.3, 0.4) is 0 Å². The summed E-state index contributed by atoms with van der Waals surface area (Å²) in [6.07, 6.45) is 7.05. The van der Waals surface area contributed by atoms with Crippen molar-refractivity contribution in [2.75, 3.05) is 18.0 Å². The lowest BCUT2D eigenvalue weighted by atomic mass is 9.81. The summed E-state index contributed by atoms with van der Waals surface area (Å²) in [7, 11) is 0. The van der Waals surface area contributed by atoms with Gasteiger partial charge in [-0.3, -0.25) is 9.78 Å². The summed E-state index contributed by atoms with van der Waals surface area (Å²) in [5.74, 6) is 1.08. The van der Waals surface area contributed by atoms with Gasteiger partial charge in [-0.2, -0.15) is 0 Å². The Morgan fingerprint density at radius 3 is 2.84 bits per heavy atom. The molecule has 4 rings (SSSR count). The molecule has 1 N–H and O–H groups in total. The maximum Gasteiger partial charge on any atom is 0.311 e. The van der Waals surface area contributed by atoms with E-state index in [0.29, 0.717) is 12.4 Å². The van der Waals surface area contributed by atoms with Crippen LogP contribution in [0.2, 0.25) is 0 Å². The molecule has 6 nitrogen and oxygen atoms in total. The summed E-state index contributed by atoms with van der Waals surface area (Å²) in [5, 5.41) is 9.81. The fourth-order valence-corrected chi connectivity index (χ4v) is 4.27. The molecule has 2 fully saturated rings. The Hall–Kier alpha value is -2.50. The van der Waals surface area contributed by atoms with Crippen molar-refractivity contribution >= 4 is 11.8 Å². The van der Waals surface area contributed by atoms with Crippen LogP contribution < -0.4 is 4.90 Å². The Kier molecular flexibility index (Phi) is 3.90. The van der Waals surface area contributed by atoms with Crippen LogP contribution in [-0.2, 0) is 11.2 Å². The highest BCUT2D eigenvalue weighted by molar-refractivity contribution is 5.78. The Bertz CT molecular complexity index is 795. The monoisotopic (exact) mass is 338 g/mol. The van der Waals surface area contributed by atoms with E-state index in [1.165, 1.54) is 0 Å². The third-order valence-electron chi connectivity index (χ3n) is 5.69. The number of fused-ring (bicyclic) bond motifs is 1. The van der Waals surface area contributed by atoms with E-state index >= 15 is 0 Å². The highest BCUT2D eigenvalue weighted by atomic mass is 16.4. The number of hydrogen-bond donors (Lipinski definition) is 1. The first kappa shape index (κ1) is 16.0. The molecule has 2 aromatic heterocycles. The molecule has 25 heavy (non-hydrogen) atoms. The lowest BCUT2D eigenvalue weighted by molar-refractivity contribution is -0.149. The summed E-state index contributed by atoms with van der Waals surface area (Å²) < 4.78 is 0. The molecule has 2 atom stereocenters. The van der Waals surface area contributed by atoms with Crippen molar-refractivity contribution in [3.8, 4) is 11.4 Å². The Morgan fingerprint density at radius 1 is 1.36 bits per heavy atom. The van der Waals surface area contributed by atoms with Crippen LogP contribution in [0, 0.1) is 11.3 Å². The van der Waals surface area contributed by atoms with E-state index in [4.69, 9.17) is 4.98 Å². The molecular formula is C19H22N4O2. The van der Waals surface area contributed by atoms with E-state index in [1.807, 2.05) is 18.2 Å². The smallest absolute Gasteiger partial charge is 0.311 e. The number of aryl methyl sites for hydroxylation is 1. The molecule has 0 aromatic carbocycles. The third kappa shape index (κ3) is 2.65. The molecule has 1 aliphatic carbocycles. The van der Waals surface area contributed by atoms with Gasteiger partial charge in [-0.15, -0.1) is 0 Å². The van der Waals surface area contributed by atoms with Gasteiger partial charge in [-0.05, 0) is 37.3 Å². The Labute approximate surface area is 147 Å². The van der Waals surface area contributed by atoms with Crippen molar-refractivity contribution < 1.29 is 9.90 Å². The average Bonchev–Trinajstić information content (AvgIpc) is 3.20. The molecule has 1 aliphatic heterocycles. The van der Waals surface area contributed by atoms with Gasteiger partial charge in [0.15, 0.2) is 5.82 Å². The summed E-state index contributed by atoms with van der Waals surface area (Å²) >= 11 is 0. The van der Waals surface area contributed by atoms with E-state index < -0.39 is 11.4 Å². The topological polar surface area (TPSA) is 79.2 Å². The zero-order chi connectivity index (χ0) is 17.4. The summed E-state index contributed by atoms with van der Waals surface area (Å²) in [4.78, 5) is 27.5. The molecule has 0 amide bonds. The minimum Gasteiger partial charge on any atom is -0.481 e. The zero-order valence-corrected chi connectivity index (χ0v) is 14.4. The van der Waals surface area contributed by atoms with Crippen LogP contribution in [0.25, 0.3) is 11.4 Å². The number of carboxylic acid groups (broad SMARTS) is 1. The largest absolute Gasteiger partial charge is 0.481 e. The molecule has 2 aromatic rings. The molecule has 3 heterocycles. The van der Waals surface area contributed by atoms with Crippen molar-refractivity contribution in [2.45, 2.75) is 32.6 Å². The third-order valence-corrected chi connectivity index (χ3v) is 5.69. The Morgan fingerprint density at radius 2 is 2.16 bits per heavy atom. The van der Waals surface area contributed by atoms with Gasteiger partial charge in [0.25, 0.3) is 0 Å². The second-order valence-corrected chi connectivity index (χ2v) is 7.06. The van der Waals surface area contributed by atoms with E-state index in [-0.39, 0.29) is 5.92 Å². The lowest BCUT2D eigenvalue weighted by Crippen LogP contribution is -2.35. The molecule has 0 unspecified atom stereocenters. The van der Waals surface area contributed by atoms with Crippen LogP contribution in [0.1, 0.15) is 31.9 Å². The van der Waals surface area contributed by atoms with Gasteiger partial charge >= 0.3 is 5.97 Å². The summed E-state index contributed by atoms with van der Waals surface area (Å²) in [5.41, 5.74) is 1.30. The van der Waals surface area contributed by atoms with E-state index in [0.717, 1.165) is 49.3 Å². The van der Waals surface area contributed by atoms with E-state index in [2.05, 4.69) is 21.8 Å². The van der Waals surface area contributed by atoms with Gasteiger partial charge in [-0.1, -0.05) is 13.3 Å². The van der Waals surface area contributed by atoms with Gasteiger partial charge in [0.05, 0.1) is 5.41 Å². The SMILES string of the molecule is CCc1cc(N2C[C@@H]3CCC[C@@]3(C(=O)O)C2)nc(-c2ccncc2)n1. The number of carboxylic acids is 1. The van der Waals surface area contributed by atoms with E-state index in [1.54, 1.807) is 12.4 Å². The molecule has 6 heteroatoms. The molecule has 0 bridgehead atoms. The Balaban J connectivity index is 1.70. The highest BCUT2D eigenvalue weighted by Gasteiger charge is 2.55. The second kappa shape index (κ2) is 6.10. The first-order chi connectivity index (χ1) is 12.1. The first-order valence-corrected chi connectivity index (χ1v) is 8.89. The second-order valence-electron chi connectivity index (χ2n) is 7.06. The zero-order valence-electron chi connectivity index (χ0n) is 14.4. The highest BCUT2D eigenvalue weighted by Crippen LogP contribution is 2.49. The fourth-order valence-electron chi connectivity index (χ4n) is 4.27. The normalized spacial score (nSPS) is 25.2. The van der Waals surface area contributed by atoms with Crippen LogP contribution in [0.5, 0.6) is 0 Å². The number of aromatic nitrogens is 3. The maximum atomic E-state index is 11.9. The van der Waals surface area contributed by atoms with Crippen LogP contribution >= 0.6 is 0 Å². The lowest BCUT2D eigenvalue weighted by Gasteiger charge is -2.24. The van der Waals surface area contributed by atoms with Gasteiger partial charge in [0, 0.05) is 42.8 Å². The van der Waals surface area contributed by atoms with Crippen molar-refractivity contribution in [3.63, 3.8) is 0 Å². The molecular weight excluding hydrogens is 316 g/mol. The number of rotatable bonds is 4. The summed E-state index contributed by atoms with van der Waals surface area (Å²) in [6.45, 7) is 3.38. The predicted octanol–water partition coefficient (Wildman–Crippen LogP) is 2.79. The van der Waals surface area contributed by atoms with E-state index in [9.17, 15) is 9.90 Å². The molecule has 2 aliphatic rings. The number of nitrogens with zero attached hydrogens (tertiary/aromatic N) is 4. The number of carbonyl (C=O) groups is 1. The van der Waals surface area contributed by atoms with Gasteiger partial charge in [0.2, 0.25) is 0 Å². The quantitative estimate of drug-likeness (QED) is 0.923. The fraction of sp³-hybridized carbons (Fsp3) is 0.474. The molecule has 130 valence electrons. The van der Waals surface area contributed by atoms with Crippen molar-refractivity contribution in [2.24, 2.45) is 11.3 Å². The summed E-state index contributed by atoms with van der Waals surface area (Å²) in [6, 6.07) is 5.80. The van der Waals surface area contributed by atoms with Gasteiger partial charge < -0.3 is 10.0 Å². The molecule has 1 saturated heterocycles. The van der Waals surface area contributed by atoms with Crippen LogP contribution in [0.15, 0.2) is 30.6 Å². The minimum atomic E-state index is -0.656. The predicted molar refractivity (Wildman–Crippen MR) is 94.3 cm³/mol. The van der Waals surface area contributed by atoms with Gasteiger partial charge in [0.1, 0.15) is 5.82 Å². The van der Waals surface area contributed by atoms with Crippen molar-refractivity contribution in [3.05, 3.63) is 36.3 Å². The number of hydrogen-bond acceptors (Lipinski definition) is 5. The number of anilines is 1. The first-order valence-electron chi connectivity index (χ1n) is 8.89. The maximum absolute atomic E-state index is 11.9. The van der Waals surface area contributed by atoms with Gasteiger partial charge in [-0.25, -0.2) is 9.97 Å². The minimum absolute atomic E-state index is 0.217. The average molecular weight is 338 g/mol. The molecule has 1 saturated carbocycles. The van der Waals surface area contributed by atoms with Crippen LogP contribution in [0.4, 0.5) is 5.82 Å². The number of aliphatic carboxylic acids is 1. The van der Waals surface area contributed by atoms with Crippen molar-refractivity contribution in [1.29, 1.82) is 0 Å². The number of pyridine rings is 1. The molecule has 0 spiro atoms. The standard InChI is InChI=1S/C19H22N4O2/c1-2-15-10-16(22-17(21-15)13-5-8-20-9-6-13)23-11-14-4-3-7-19(14,12-23)18(24)25/h5-6,8-10,14H,2-4,7,11-12H2,1H3,(H,24,25)/t14-,19+/m0/s1.